The lowest BCUT2D eigenvalue weighted by Gasteiger charge is -2.13. The van der Waals surface area contributed by atoms with Crippen LogP contribution < -0.4 is 16.4 Å². The first-order valence-corrected chi connectivity index (χ1v) is 11.2. The average molecular weight is 499 g/mol. The Morgan fingerprint density at radius 1 is 1.14 bits per heavy atom. The second-order valence-electron chi connectivity index (χ2n) is 8.30. The molecule has 2 aromatic heterocycles. The summed E-state index contributed by atoms with van der Waals surface area (Å²) in [4.78, 5) is 16.0. The number of fused-ring (bicyclic) bond motifs is 1. The van der Waals surface area contributed by atoms with Crippen LogP contribution in [-0.2, 0) is 6.42 Å². The van der Waals surface area contributed by atoms with Crippen molar-refractivity contribution in [1.82, 2.24) is 14.6 Å². The highest BCUT2D eigenvalue weighted by atomic mass is 19.4. The number of benzene rings is 2. The predicted octanol–water partition coefficient (Wildman–Crippen LogP) is 4.45. The Hall–Kier alpha value is -4.12. The number of nitrogens with one attached hydrogen (secondary N) is 2. The molecule has 11 heteroatoms. The minimum absolute atomic E-state index is 0.0429. The number of rotatable bonds is 9. The summed E-state index contributed by atoms with van der Waals surface area (Å²) in [7, 11) is 0. The van der Waals surface area contributed by atoms with Crippen LogP contribution in [0.2, 0.25) is 0 Å². The molecule has 0 bridgehead atoms. The van der Waals surface area contributed by atoms with Gasteiger partial charge < -0.3 is 21.5 Å². The molecule has 0 spiro atoms. The van der Waals surface area contributed by atoms with Gasteiger partial charge in [-0.2, -0.15) is 13.2 Å². The maximum atomic E-state index is 12.7. The number of imidazole rings is 1. The summed E-state index contributed by atoms with van der Waals surface area (Å²) in [6.07, 6.45) is -3.19. The Labute approximate surface area is 205 Å². The summed E-state index contributed by atoms with van der Waals surface area (Å²) in [5, 5.41) is 19.7. The lowest BCUT2D eigenvalue weighted by molar-refractivity contribution is -0.131. The molecule has 2 heterocycles. The number of aryl methyl sites for hydroxylation is 1. The zero-order chi connectivity index (χ0) is 25.9. The van der Waals surface area contributed by atoms with E-state index in [0.717, 1.165) is 5.56 Å². The minimum Gasteiger partial charge on any atom is -0.396 e. The Morgan fingerprint density at radius 2 is 1.89 bits per heavy atom. The number of aliphatic hydroxyl groups is 1. The first-order chi connectivity index (χ1) is 17.1. The van der Waals surface area contributed by atoms with Crippen LogP contribution in [0.4, 0.5) is 30.4 Å². The van der Waals surface area contributed by atoms with Crippen molar-refractivity contribution in [3.8, 4) is 11.3 Å². The number of primary amides is 1. The normalized spacial score (nSPS) is 11.6. The van der Waals surface area contributed by atoms with Gasteiger partial charge in [-0.25, -0.2) is 9.50 Å². The monoisotopic (exact) mass is 498 g/mol. The lowest BCUT2D eigenvalue weighted by atomic mass is 10.0. The molecule has 5 N–H and O–H groups in total. The molecule has 36 heavy (non-hydrogen) atoms. The van der Waals surface area contributed by atoms with Crippen molar-refractivity contribution in [3.05, 3.63) is 71.4 Å². The summed E-state index contributed by atoms with van der Waals surface area (Å²) in [6.45, 7) is 1.48. The fourth-order valence-corrected chi connectivity index (χ4v) is 3.83. The van der Waals surface area contributed by atoms with Crippen LogP contribution in [0.15, 0.2) is 54.7 Å². The molecule has 4 aromatic rings. The number of halogens is 3. The van der Waals surface area contributed by atoms with E-state index in [1.807, 2.05) is 24.3 Å². The molecule has 0 unspecified atom stereocenters. The van der Waals surface area contributed by atoms with Crippen molar-refractivity contribution in [1.29, 1.82) is 0 Å². The number of hydrogen-bond donors (Lipinski definition) is 4. The maximum Gasteiger partial charge on any atom is 0.390 e. The second kappa shape index (κ2) is 10.2. The van der Waals surface area contributed by atoms with E-state index < -0.39 is 18.5 Å². The number of carbonyl (C=O) groups is 1. The number of amides is 1. The molecule has 0 saturated carbocycles. The van der Waals surface area contributed by atoms with Crippen LogP contribution in [0.25, 0.3) is 16.9 Å². The summed E-state index contributed by atoms with van der Waals surface area (Å²) in [6, 6.07) is 14.1. The number of nitrogens with two attached hydrogens (primary N) is 1. The van der Waals surface area contributed by atoms with Gasteiger partial charge >= 0.3 is 6.18 Å². The third kappa shape index (κ3) is 5.74. The van der Waals surface area contributed by atoms with Crippen molar-refractivity contribution < 1.29 is 23.1 Å². The Bertz CT molecular complexity index is 1380. The van der Waals surface area contributed by atoms with E-state index in [4.69, 9.17) is 10.8 Å². The summed E-state index contributed by atoms with van der Waals surface area (Å²) < 4.78 is 39.8. The average Bonchev–Trinajstić information content (AvgIpc) is 3.23. The van der Waals surface area contributed by atoms with E-state index in [9.17, 15) is 18.0 Å². The maximum absolute atomic E-state index is 12.7. The molecule has 0 aliphatic heterocycles. The van der Waals surface area contributed by atoms with Crippen LogP contribution in [0.1, 0.15) is 27.9 Å². The number of nitrogens with zero attached hydrogens (tertiary/aromatic N) is 3. The molecule has 0 radical (unpaired) electrons. The van der Waals surface area contributed by atoms with E-state index in [0.29, 0.717) is 51.6 Å². The van der Waals surface area contributed by atoms with Gasteiger partial charge in [-0.3, -0.25) is 4.79 Å². The largest absolute Gasteiger partial charge is 0.396 e. The minimum atomic E-state index is -4.30. The molecule has 4 rings (SSSR count). The Kier molecular flexibility index (Phi) is 7.11. The molecule has 8 nitrogen and oxygen atoms in total. The van der Waals surface area contributed by atoms with E-state index in [-0.39, 0.29) is 13.2 Å². The first-order valence-electron chi connectivity index (χ1n) is 11.2. The van der Waals surface area contributed by atoms with E-state index in [2.05, 4.69) is 20.7 Å². The van der Waals surface area contributed by atoms with Gasteiger partial charge in [0.05, 0.1) is 24.0 Å². The molecule has 0 atom stereocenters. The molecule has 0 aliphatic carbocycles. The fourth-order valence-electron chi connectivity index (χ4n) is 3.83. The quantitative estimate of drug-likeness (QED) is 0.271. The van der Waals surface area contributed by atoms with Crippen molar-refractivity contribution >= 4 is 28.7 Å². The summed E-state index contributed by atoms with van der Waals surface area (Å²) in [5.74, 6) is -0.153. The van der Waals surface area contributed by atoms with Crippen molar-refractivity contribution in [2.45, 2.75) is 25.9 Å². The third-order valence-electron chi connectivity index (χ3n) is 5.61. The number of alkyl halides is 3. The van der Waals surface area contributed by atoms with Gasteiger partial charge in [0.15, 0.2) is 11.5 Å². The lowest BCUT2D eigenvalue weighted by Crippen LogP contribution is -2.15. The van der Waals surface area contributed by atoms with E-state index in [1.54, 1.807) is 37.4 Å². The molecular weight excluding hydrogens is 473 g/mol. The molecule has 1 amide bonds. The highest BCUT2D eigenvalue weighted by molar-refractivity contribution is 5.95. The number of aromatic nitrogens is 3. The van der Waals surface area contributed by atoms with Gasteiger partial charge in [0, 0.05) is 36.0 Å². The highest BCUT2D eigenvalue weighted by Crippen LogP contribution is 2.29. The van der Waals surface area contributed by atoms with Gasteiger partial charge in [0.1, 0.15) is 0 Å². The molecule has 2 aromatic carbocycles. The Balaban J connectivity index is 1.73. The standard InChI is InChI=1S/C25H25F3N6O2/c1-15-12-17(4-7-19(15)23(29)36)21-14-31-24-20(30-10-9-25(26,27)28)13-22(33-34(21)24)32-18-5-2-16(3-6-18)8-11-35/h2-7,12-14,30,35H,8-11H2,1H3,(H2,29,36)(H,32,33). The number of hydrogen-bond acceptors (Lipinski definition) is 6. The second-order valence-corrected chi connectivity index (χ2v) is 8.30. The third-order valence-corrected chi connectivity index (χ3v) is 5.61. The van der Waals surface area contributed by atoms with Crippen molar-refractivity contribution in [2.75, 3.05) is 23.8 Å². The van der Waals surface area contributed by atoms with Crippen LogP contribution in [0, 0.1) is 6.92 Å². The SMILES string of the molecule is Cc1cc(-c2cnc3c(NCCC(F)(F)F)cc(Nc4ccc(CCO)cc4)nn23)ccc1C(N)=O. The van der Waals surface area contributed by atoms with Gasteiger partial charge in [-0.15, -0.1) is 5.10 Å². The zero-order valence-electron chi connectivity index (χ0n) is 19.4. The number of aliphatic hydroxyl groups excluding tert-OH is 1. The van der Waals surface area contributed by atoms with Crippen LogP contribution in [0.5, 0.6) is 0 Å². The van der Waals surface area contributed by atoms with Crippen molar-refractivity contribution in [3.63, 3.8) is 0 Å². The Morgan fingerprint density at radius 3 is 2.53 bits per heavy atom. The smallest absolute Gasteiger partial charge is 0.390 e. The van der Waals surface area contributed by atoms with Crippen LogP contribution in [-0.4, -0.2) is 44.9 Å². The summed E-state index contributed by atoms with van der Waals surface area (Å²) >= 11 is 0. The van der Waals surface area contributed by atoms with Gasteiger partial charge in [-0.1, -0.05) is 18.2 Å². The van der Waals surface area contributed by atoms with Gasteiger partial charge in [0.25, 0.3) is 0 Å². The molecular formula is C25H25F3N6O2. The van der Waals surface area contributed by atoms with Crippen molar-refractivity contribution in [2.24, 2.45) is 5.73 Å². The van der Waals surface area contributed by atoms with E-state index in [1.165, 1.54) is 4.52 Å². The van der Waals surface area contributed by atoms with Crippen LogP contribution in [0.3, 0.4) is 0 Å². The van der Waals surface area contributed by atoms with Crippen LogP contribution >= 0.6 is 0 Å². The number of anilines is 3. The van der Waals surface area contributed by atoms with E-state index >= 15 is 0 Å². The van der Waals surface area contributed by atoms with Gasteiger partial charge in [0.2, 0.25) is 5.91 Å². The zero-order valence-corrected chi connectivity index (χ0v) is 19.4. The van der Waals surface area contributed by atoms with Gasteiger partial charge in [-0.05, 0) is 48.7 Å². The predicted molar refractivity (Wildman–Crippen MR) is 131 cm³/mol. The molecule has 0 aliphatic rings. The molecule has 0 fully saturated rings. The topological polar surface area (TPSA) is 118 Å². The fraction of sp³-hybridized carbons (Fsp3) is 0.240. The summed E-state index contributed by atoms with van der Waals surface area (Å²) in [5.41, 5.74) is 10.2. The molecule has 188 valence electrons. The molecule has 0 saturated heterocycles. The first kappa shape index (κ1) is 25.0. The number of carbonyl (C=O) groups excluding carboxylic acids is 1. The highest BCUT2D eigenvalue weighted by Gasteiger charge is 2.26.